The highest BCUT2D eigenvalue weighted by molar-refractivity contribution is 7.78. The Labute approximate surface area is 95.7 Å². The molecule has 0 fully saturated rings. The molecule has 1 N–H and O–H groups in total. The molecule has 0 radical (unpaired) electrons. The van der Waals surface area contributed by atoms with Crippen molar-refractivity contribution in [3.8, 4) is 0 Å². The van der Waals surface area contributed by atoms with Crippen LogP contribution in [0.25, 0.3) is 0 Å². The number of amides is 1. The maximum Gasteiger partial charge on any atom is 0.216 e. The molecule has 82 valence electrons. The van der Waals surface area contributed by atoms with Crippen molar-refractivity contribution in [2.45, 2.75) is 32.2 Å². The Balaban J connectivity index is 2.26. The largest absolute Gasteiger partial charge is 0.356 e. The number of hydrogen-bond donors (Lipinski definition) is 1. The standard InChI is InChI=1S/C11H16N2OS/c1-9(14)12-7-6-10-2-4-11(5-3-10)13-8-15/h2,4,10-11H,3,5-7H2,1H3,(H,12,14). The normalized spacial score (nSPS) is 24.3. The van der Waals surface area contributed by atoms with Gasteiger partial charge in [-0.1, -0.05) is 12.2 Å². The smallest absolute Gasteiger partial charge is 0.216 e. The average Bonchev–Trinajstić information content (AvgIpc) is 2.20. The quantitative estimate of drug-likeness (QED) is 0.450. The van der Waals surface area contributed by atoms with Gasteiger partial charge in [-0.15, -0.1) is 0 Å². The van der Waals surface area contributed by atoms with E-state index >= 15 is 0 Å². The molecule has 2 atom stereocenters. The molecule has 0 spiro atoms. The Bertz CT molecular complexity index is 295. The number of aliphatic imine (C=N–C) groups is 1. The summed E-state index contributed by atoms with van der Waals surface area (Å²) in [7, 11) is 0. The molecule has 0 heterocycles. The summed E-state index contributed by atoms with van der Waals surface area (Å²) >= 11 is 4.56. The predicted molar refractivity (Wildman–Crippen MR) is 64.0 cm³/mol. The zero-order valence-corrected chi connectivity index (χ0v) is 9.72. The lowest BCUT2D eigenvalue weighted by Gasteiger charge is -2.19. The van der Waals surface area contributed by atoms with Crippen molar-refractivity contribution in [2.75, 3.05) is 6.54 Å². The number of hydrogen-bond acceptors (Lipinski definition) is 3. The Morgan fingerprint density at radius 1 is 1.60 bits per heavy atom. The predicted octanol–water partition coefficient (Wildman–Crippen LogP) is 1.95. The van der Waals surface area contributed by atoms with Crippen molar-refractivity contribution in [3.63, 3.8) is 0 Å². The van der Waals surface area contributed by atoms with Gasteiger partial charge in [-0.2, -0.15) is 0 Å². The van der Waals surface area contributed by atoms with Crippen molar-refractivity contribution in [1.29, 1.82) is 0 Å². The number of nitrogens with one attached hydrogen (secondary N) is 1. The summed E-state index contributed by atoms with van der Waals surface area (Å²) in [6.45, 7) is 2.30. The van der Waals surface area contributed by atoms with Gasteiger partial charge in [0.15, 0.2) is 0 Å². The van der Waals surface area contributed by atoms with E-state index in [-0.39, 0.29) is 11.9 Å². The second-order valence-corrected chi connectivity index (χ2v) is 3.96. The monoisotopic (exact) mass is 224 g/mol. The van der Waals surface area contributed by atoms with Crippen molar-refractivity contribution in [2.24, 2.45) is 10.9 Å². The van der Waals surface area contributed by atoms with E-state index in [1.807, 2.05) is 0 Å². The first-order valence-corrected chi connectivity index (χ1v) is 5.63. The number of rotatable bonds is 4. The van der Waals surface area contributed by atoms with Crippen LogP contribution in [0, 0.1) is 5.92 Å². The van der Waals surface area contributed by atoms with Gasteiger partial charge in [0, 0.05) is 13.5 Å². The number of carbonyl (C=O) groups excluding carboxylic acids is 1. The first-order chi connectivity index (χ1) is 7.22. The second kappa shape index (κ2) is 6.49. The van der Waals surface area contributed by atoms with Crippen LogP contribution in [0.2, 0.25) is 0 Å². The molecule has 1 amide bonds. The van der Waals surface area contributed by atoms with E-state index in [0.717, 1.165) is 25.8 Å². The number of thiocarbonyl (C=S) groups is 1. The van der Waals surface area contributed by atoms with Gasteiger partial charge in [-0.05, 0) is 37.4 Å². The molecule has 0 bridgehead atoms. The van der Waals surface area contributed by atoms with E-state index in [2.05, 4.69) is 39.8 Å². The lowest BCUT2D eigenvalue weighted by molar-refractivity contribution is -0.118. The minimum atomic E-state index is 0.0398. The molecule has 0 aliphatic heterocycles. The minimum absolute atomic E-state index is 0.0398. The molecule has 3 nitrogen and oxygen atoms in total. The van der Waals surface area contributed by atoms with Gasteiger partial charge in [0.25, 0.3) is 0 Å². The SMILES string of the molecule is CC(=O)NCCC1C=CC(N=C=S)CC1. The number of allylic oxidation sites excluding steroid dienone is 1. The van der Waals surface area contributed by atoms with Crippen LogP contribution in [-0.2, 0) is 4.79 Å². The Kier molecular flexibility index (Phi) is 5.22. The van der Waals surface area contributed by atoms with Gasteiger partial charge in [-0.25, -0.2) is 4.99 Å². The second-order valence-electron chi connectivity index (χ2n) is 3.78. The molecule has 4 heteroatoms. The summed E-state index contributed by atoms with van der Waals surface area (Å²) in [5, 5.41) is 5.21. The minimum Gasteiger partial charge on any atom is -0.356 e. The van der Waals surface area contributed by atoms with E-state index in [1.165, 1.54) is 0 Å². The average molecular weight is 224 g/mol. The number of nitrogens with zero attached hydrogens (tertiary/aromatic N) is 1. The third kappa shape index (κ3) is 4.86. The fourth-order valence-corrected chi connectivity index (χ4v) is 1.85. The summed E-state index contributed by atoms with van der Waals surface area (Å²) in [4.78, 5) is 14.7. The van der Waals surface area contributed by atoms with Crippen LogP contribution in [0.3, 0.4) is 0 Å². The maximum absolute atomic E-state index is 10.7. The highest BCUT2D eigenvalue weighted by Crippen LogP contribution is 2.21. The lowest BCUT2D eigenvalue weighted by Crippen LogP contribution is -2.23. The summed E-state index contributed by atoms with van der Waals surface area (Å²) in [5.41, 5.74) is 0. The molecule has 0 aromatic carbocycles. The van der Waals surface area contributed by atoms with Crippen LogP contribution in [0.4, 0.5) is 0 Å². The number of isothiocyanates is 1. The molecule has 15 heavy (non-hydrogen) atoms. The van der Waals surface area contributed by atoms with E-state index < -0.39 is 0 Å². The summed E-state index contributed by atoms with van der Waals surface area (Å²) < 4.78 is 0. The molecule has 0 saturated carbocycles. The zero-order valence-electron chi connectivity index (χ0n) is 8.90. The van der Waals surface area contributed by atoms with E-state index in [9.17, 15) is 4.79 Å². The van der Waals surface area contributed by atoms with Gasteiger partial charge in [0.2, 0.25) is 5.91 Å². The molecule has 0 aromatic heterocycles. The van der Waals surface area contributed by atoms with Crippen LogP contribution < -0.4 is 5.32 Å². The van der Waals surface area contributed by atoms with Crippen LogP contribution >= 0.6 is 12.2 Å². The third-order valence-electron chi connectivity index (χ3n) is 2.55. The maximum atomic E-state index is 10.7. The zero-order chi connectivity index (χ0) is 11.1. The van der Waals surface area contributed by atoms with Gasteiger partial charge in [0.1, 0.15) is 0 Å². The van der Waals surface area contributed by atoms with Crippen molar-refractivity contribution in [3.05, 3.63) is 12.2 Å². The first-order valence-electron chi connectivity index (χ1n) is 5.22. The van der Waals surface area contributed by atoms with Crippen molar-refractivity contribution in [1.82, 2.24) is 5.32 Å². The molecule has 0 aromatic rings. The Morgan fingerprint density at radius 2 is 2.40 bits per heavy atom. The van der Waals surface area contributed by atoms with Crippen LogP contribution in [-0.4, -0.2) is 23.7 Å². The van der Waals surface area contributed by atoms with Crippen LogP contribution in [0.15, 0.2) is 17.1 Å². The first kappa shape index (κ1) is 12.1. The molecule has 1 aliphatic rings. The van der Waals surface area contributed by atoms with E-state index in [0.29, 0.717) is 5.92 Å². The van der Waals surface area contributed by atoms with Gasteiger partial charge >= 0.3 is 0 Å². The summed E-state index contributed by atoms with van der Waals surface area (Å²) in [5.74, 6) is 0.603. The topological polar surface area (TPSA) is 41.5 Å². The molecule has 0 saturated heterocycles. The molecular weight excluding hydrogens is 208 g/mol. The summed E-state index contributed by atoms with van der Waals surface area (Å²) in [6, 6.07) is 0.222. The highest BCUT2D eigenvalue weighted by Gasteiger charge is 2.14. The Morgan fingerprint density at radius 3 is 2.93 bits per heavy atom. The van der Waals surface area contributed by atoms with Crippen LogP contribution in [0.1, 0.15) is 26.2 Å². The molecule has 1 rings (SSSR count). The van der Waals surface area contributed by atoms with Crippen LogP contribution in [0.5, 0.6) is 0 Å². The van der Waals surface area contributed by atoms with Crippen molar-refractivity contribution >= 4 is 23.3 Å². The lowest BCUT2D eigenvalue weighted by atomic mass is 9.91. The Hall–Kier alpha value is -0.990. The van der Waals surface area contributed by atoms with Gasteiger partial charge in [0.05, 0.1) is 11.2 Å². The van der Waals surface area contributed by atoms with E-state index in [4.69, 9.17) is 0 Å². The molecule has 2 unspecified atom stereocenters. The highest BCUT2D eigenvalue weighted by atomic mass is 32.1. The molecule has 1 aliphatic carbocycles. The fourth-order valence-electron chi connectivity index (χ4n) is 1.71. The van der Waals surface area contributed by atoms with Gasteiger partial charge < -0.3 is 5.32 Å². The van der Waals surface area contributed by atoms with Gasteiger partial charge in [-0.3, -0.25) is 4.79 Å². The fraction of sp³-hybridized carbons (Fsp3) is 0.636. The number of carbonyl (C=O) groups is 1. The summed E-state index contributed by atoms with van der Waals surface area (Å²) in [6.07, 6.45) is 7.41. The third-order valence-corrected chi connectivity index (χ3v) is 2.65. The van der Waals surface area contributed by atoms with Crippen molar-refractivity contribution < 1.29 is 4.79 Å². The molecular formula is C11H16N2OS. The van der Waals surface area contributed by atoms with E-state index in [1.54, 1.807) is 6.92 Å².